The van der Waals surface area contributed by atoms with E-state index < -0.39 is 0 Å². The average molecular weight is 448 g/mol. The molecule has 34 heavy (non-hydrogen) atoms. The molecule has 0 saturated carbocycles. The van der Waals surface area contributed by atoms with Crippen LogP contribution in [0.5, 0.6) is 0 Å². The molecule has 0 atom stereocenters. The third-order valence-electron chi connectivity index (χ3n) is 7.65. The second kappa shape index (κ2) is 5.85. The van der Waals surface area contributed by atoms with Crippen LogP contribution in [0.25, 0.3) is 80.2 Å². The molecular formula is C32H17NS. The van der Waals surface area contributed by atoms with Crippen molar-refractivity contribution >= 4 is 80.4 Å². The summed E-state index contributed by atoms with van der Waals surface area (Å²) in [5.41, 5.74) is 6.57. The minimum absolute atomic E-state index is 1.26. The third-order valence-corrected chi connectivity index (χ3v) is 8.75. The highest BCUT2D eigenvalue weighted by atomic mass is 32.1. The first-order chi connectivity index (χ1) is 16.9. The summed E-state index contributed by atoms with van der Waals surface area (Å²) in [6, 6.07) is 38.4. The van der Waals surface area contributed by atoms with E-state index in [4.69, 9.17) is 0 Å². The first kappa shape index (κ1) is 17.4. The summed E-state index contributed by atoms with van der Waals surface area (Å²) in [4.78, 5) is 0. The van der Waals surface area contributed by atoms with Gasteiger partial charge < -0.3 is 4.40 Å². The Hall–Kier alpha value is -4.14. The summed E-state index contributed by atoms with van der Waals surface area (Å²) < 4.78 is 5.27. The van der Waals surface area contributed by atoms with E-state index in [-0.39, 0.29) is 0 Å². The molecule has 0 N–H and O–H groups in total. The second-order valence-electron chi connectivity index (χ2n) is 9.36. The first-order valence-corrected chi connectivity index (χ1v) is 12.5. The van der Waals surface area contributed by atoms with Gasteiger partial charge in [-0.05, 0) is 56.9 Å². The SMILES string of the molecule is c1ccc(-c2cc3c4cccc5ccc6sc7ccc8cccc9c(c2)c3n(c6c54)c7c89)cc1. The number of hydrogen-bond acceptors (Lipinski definition) is 1. The summed E-state index contributed by atoms with van der Waals surface area (Å²) in [6.07, 6.45) is 0. The fourth-order valence-electron chi connectivity index (χ4n) is 6.28. The van der Waals surface area contributed by atoms with Gasteiger partial charge in [0, 0.05) is 21.5 Å². The van der Waals surface area contributed by atoms with Gasteiger partial charge in [-0.1, -0.05) is 78.9 Å². The van der Waals surface area contributed by atoms with Crippen LogP contribution in [-0.4, -0.2) is 4.40 Å². The topological polar surface area (TPSA) is 4.41 Å². The van der Waals surface area contributed by atoms with E-state index in [2.05, 4.69) is 108 Å². The molecule has 0 aliphatic rings. The van der Waals surface area contributed by atoms with Crippen molar-refractivity contribution in [1.82, 2.24) is 4.40 Å². The highest BCUT2D eigenvalue weighted by Gasteiger charge is 2.22. The number of pyridine rings is 2. The maximum Gasteiger partial charge on any atom is 0.0720 e. The summed E-state index contributed by atoms with van der Waals surface area (Å²) in [6.45, 7) is 0. The summed E-state index contributed by atoms with van der Waals surface area (Å²) in [5, 5.41) is 10.7. The normalized spacial score (nSPS) is 12.7. The van der Waals surface area contributed by atoms with Gasteiger partial charge in [0.15, 0.2) is 0 Å². The second-order valence-corrected chi connectivity index (χ2v) is 10.4. The molecule has 156 valence electrons. The fraction of sp³-hybridized carbons (Fsp3) is 0. The van der Waals surface area contributed by atoms with E-state index in [1.807, 2.05) is 11.3 Å². The molecule has 9 rings (SSSR count). The van der Waals surface area contributed by atoms with Gasteiger partial charge in [0.2, 0.25) is 0 Å². The molecule has 0 fully saturated rings. The van der Waals surface area contributed by atoms with Crippen LogP contribution in [-0.2, 0) is 0 Å². The molecule has 0 spiro atoms. The Morgan fingerprint density at radius 1 is 0.441 bits per heavy atom. The van der Waals surface area contributed by atoms with Crippen molar-refractivity contribution in [1.29, 1.82) is 0 Å². The van der Waals surface area contributed by atoms with Crippen molar-refractivity contribution < 1.29 is 0 Å². The van der Waals surface area contributed by atoms with Gasteiger partial charge >= 0.3 is 0 Å². The smallest absolute Gasteiger partial charge is 0.0720 e. The molecule has 3 aromatic heterocycles. The lowest BCUT2D eigenvalue weighted by molar-refractivity contribution is 1.35. The monoisotopic (exact) mass is 447 g/mol. The maximum absolute atomic E-state index is 2.59. The van der Waals surface area contributed by atoms with Crippen LogP contribution in [0.4, 0.5) is 0 Å². The zero-order valence-electron chi connectivity index (χ0n) is 18.2. The highest BCUT2D eigenvalue weighted by molar-refractivity contribution is 7.24. The largest absolute Gasteiger partial charge is 0.305 e. The Morgan fingerprint density at radius 3 is 1.62 bits per heavy atom. The van der Waals surface area contributed by atoms with E-state index in [1.54, 1.807) is 0 Å². The summed E-state index contributed by atoms with van der Waals surface area (Å²) in [7, 11) is 0. The number of hydrogen-bond donors (Lipinski definition) is 0. The van der Waals surface area contributed by atoms with E-state index in [9.17, 15) is 0 Å². The highest BCUT2D eigenvalue weighted by Crippen LogP contribution is 2.47. The predicted octanol–water partition coefficient (Wildman–Crippen LogP) is 9.46. The van der Waals surface area contributed by atoms with Crippen molar-refractivity contribution in [2.24, 2.45) is 0 Å². The Balaban J connectivity index is 1.72. The minimum atomic E-state index is 1.26. The van der Waals surface area contributed by atoms with Crippen LogP contribution < -0.4 is 0 Å². The van der Waals surface area contributed by atoms with Gasteiger partial charge in [0.05, 0.1) is 25.9 Å². The van der Waals surface area contributed by atoms with Gasteiger partial charge in [-0.15, -0.1) is 11.3 Å². The molecule has 0 saturated heterocycles. The zero-order chi connectivity index (χ0) is 22.0. The van der Waals surface area contributed by atoms with Crippen molar-refractivity contribution in [3.05, 3.63) is 103 Å². The molecular weight excluding hydrogens is 430 g/mol. The standard InChI is InChI=1S/C32H17NS/c1-2-6-18(7-3-1)21-16-24-22-10-4-8-19-12-14-26-31(28(19)22)33-30(24)25(17-21)23-11-5-9-20-13-15-27(34-26)32(33)29(20)23/h1-17H. The van der Waals surface area contributed by atoms with Crippen LogP contribution >= 0.6 is 11.3 Å². The van der Waals surface area contributed by atoms with Crippen molar-refractivity contribution in [3.63, 3.8) is 0 Å². The first-order valence-electron chi connectivity index (χ1n) is 11.7. The number of fused-ring (bicyclic) bond motifs is 2. The van der Waals surface area contributed by atoms with Crippen molar-refractivity contribution in [2.45, 2.75) is 0 Å². The fourth-order valence-corrected chi connectivity index (χ4v) is 7.37. The molecule has 3 heterocycles. The van der Waals surface area contributed by atoms with Crippen molar-refractivity contribution in [3.8, 4) is 11.1 Å². The molecule has 0 amide bonds. The molecule has 0 radical (unpaired) electrons. The Morgan fingerprint density at radius 2 is 1.03 bits per heavy atom. The van der Waals surface area contributed by atoms with Crippen LogP contribution in [0, 0.1) is 0 Å². The van der Waals surface area contributed by atoms with Crippen molar-refractivity contribution in [2.75, 3.05) is 0 Å². The zero-order valence-corrected chi connectivity index (χ0v) is 19.0. The number of nitrogens with zero attached hydrogens (tertiary/aromatic N) is 1. The quantitative estimate of drug-likeness (QED) is 0.174. The van der Waals surface area contributed by atoms with Gasteiger partial charge in [0.25, 0.3) is 0 Å². The lowest BCUT2D eigenvalue weighted by Gasteiger charge is -2.23. The van der Waals surface area contributed by atoms with Gasteiger partial charge in [-0.2, -0.15) is 0 Å². The predicted molar refractivity (Wildman–Crippen MR) is 148 cm³/mol. The molecule has 0 aliphatic carbocycles. The Bertz CT molecular complexity index is 2080. The van der Waals surface area contributed by atoms with Crippen LogP contribution in [0.2, 0.25) is 0 Å². The summed E-state index contributed by atoms with van der Waals surface area (Å²) in [5.74, 6) is 0. The van der Waals surface area contributed by atoms with Gasteiger partial charge in [-0.3, -0.25) is 0 Å². The maximum atomic E-state index is 2.59. The molecule has 6 aromatic carbocycles. The summed E-state index contributed by atoms with van der Waals surface area (Å²) >= 11 is 1.91. The molecule has 1 nitrogen and oxygen atoms in total. The average Bonchev–Trinajstić information content (AvgIpc) is 2.91. The van der Waals surface area contributed by atoms with Crippen LogP contribution in [0.1, 0.15) is 0 Å². The molecule has 0 unspecified atom stereocenters. The molecule has 9 aromatic rings. The lowest BCUT2D eigenvalue weighted by Crippen LogP contribution is -2.01. The minimum Gasteiger partial charge on any atom is -0.305 e. The Kier molecular flexibility index (Phi) is 2.99. The molecule has 2 heteroatoms. The van der Waals surface area contributed by atoms with Crippen LogP contribution in [0.3, 0.4) is 0 Å². The lowest BCUT2D eigenvalue weighted by atomic mass is 9.91. The van der Waals surface area contributed by atoms with Crippen LogP contribution in [0.15, 0.2) is 103 Å². The van der Waals surface area contributed by atoms with Gasteiger partial charge in [0.1, 0.15) is 0 Å². The van der Waals surface area contributed by atoms with E-state index in [1.165, 1.54) is 80.2 Å². The van der Waals surface area contributed by atoms with E-state index >= 15 is 0 Å². The van der Waals surface area contributed by atoms with Gasteiger partial charge in [-0.25, -0.2) is 0 Å². The molecule has 0 aliphatic heterocycles. The van der Waals surface area contributed by atoms with E-state index in [0.29, 0.717) is 0 Å². The third kappa shape index (κ3) is 1.94. The Labute approximate surface area is 198 Å². The number of rotatable bonds is 1. The van der Waals surface area contributed by atoms with E-state index in [0.717, 1.165) is 0 Å². The molecule has 0 bridgehead atoms. The number of benzene rings is 6. The number of aromatic nitrogens is 1.